The zero-order valence-electron chi connectivity index (χ0n) is 8.75. The molecule has 0 amide bonds. The molecule has 0 aliphatic rings. The molecule has 1 nitrogen and oxygen atoms in total. The summed E-state index contributed by atoms with van der Waals surface area (Å²) >= 11 is 0. The number of hydrogen-bond acceptors (Lipinski definition) is 1. The Kier molecular flexibility index (Phi) is 6.93. The van der Waals surface area contributed by atoms with Crippen molar-refractivity contribution in [1.29, 1.82) is 0 Å². The average Bonchev–Trinajstić information content (AvgIpc) is 2.20. The molecule has 1 N–H and O–H groups in total. The molecule has 0 heterocycles. The molecule has 1 heteroatoms. The second kappa shape index (κ2) is 7.56. The Morgan fingerprint density at radius 3 is 1.92 bits per heavy atom. The van der Waals surface area contributed by atoms with Gasteiger partial charge in [0.05, 0.1) is 0 Å². The van der Waals surface area contributed by atoms with Gasteiger partial charge in [0.25, 0.3) is 0 Å². The number of nitrogens with one attached hydrogen (secondary N) is 1. The van der Waals surface area contributed by atoms with Crippen LogP contribution in [-0.4, -0.2) is 13.1 Å². The number of hydrogen-bond donors (Lipinski definition) is 1. The third-order valence-corrected chi connectivity index (χ3v) is 1.61. The molecule has 13 heavy (non-hydrogen) atoms. The molecular formula is C12H19N. The minimum Gasteiger partial charge on any atom is -0.318 e. The molecular weight excluding hydrogens is 158 g/mol. The fourth-order valence-electron chi connectivity index (χ4n) is 0.589. The highest BCUT2D eigenvalue weighted by molar-refractivity contribution is 5.45. The minimum atomic E-state index is 0.634. The standard InChI is InChI=1S/C8H8.C4H11N/c1-2-8-6-4-3-5-7-8;1-4(2)5-3/h2-7H,1H2;4-5H,1-3H3. The van der Waals surface area contributed by atoms with E-state index in [0.29, 0.717) is 6.04 Å². The summed E-state index contributed by atoms with van der Waals surface area (Å²) in [7, 11) is 1.95. The van der Waals surface area contributed by atoms with Gasteiger partial charge >= 0.3 is 0 Å². The Balaban J connectivity index is 0.000000252. The van der Waals surface area contributed by atoms with Gasteiger partial charge in [-0.2, -0.15) is 0 Å². The maximum absolute atomic E-state index is 3.63. The summed E-state index contributed by atoms with van der Waals surface area (Å²) in [4.78, 5) is 0. The Hall–Kier alpha value is -1.08. The quantitative estimate of drug-likeness (QED) is 0.732. The minimum absolute atomic E-state index is 0.634. The second-order valence-electron chi connectivity index (χ2n) is 3.06. The lowest BCUT2D eigenvalue weighted by Crippen LogP contribution is -2.15. The highest BCUT2D eigenvalue weighted by atomic mass is 14.8. The molecule has 1 rings (SSSR count). The van der Waals surface area contributed by atoms with E-state index in [1.54, 1.807) is 0 Å². The van der Waals surface area contributed by atoms with E-state index >= 15 is 0 Å². The first-order chi connectivity index (χ1) is 6.20. The Morgan fingerprint density at radius 2 is 1.69 bits per heavy atom. The third kappa shape index (κ3) is 7.29. The van der Waals surface area contributed by atoms with Crippen molar-refractivity contribution in [2.75, 3.05) is 7.05 Å². The van der Waals surface area contributed by atoms with E-state index in [1.807, 2.05) is 43.5 Å². The van der Waals surface area contributed by atoms with Gasteiger partial charge in [0.2, 0.25) is 0 Å². The van der Waals surface area contributed by atoms with Crippen LogP contribution in [0, 0.1) is 0 Å². The monoisotopic (exact) mass is 177 g/mol. The zero-order chi connectivity index (χ0) is 10.1. The van der Waals surface area contributed by atoms with Crippen molar-refractivity contribution in [3.05, 3.63) is 42.5 Å². The molecule has 0 spiro atoms. The first-order valence-corrected chi connectivity index (χ1v) is 4.55. The third-order valence-electron chi connectivity index (χ3n) is 1.61. The second-order valence-corrected chi connectivity index (χ2v) is 3.06. The van der Waals surface area contributed by atoms with E-state index in [4.69, 9.17) is 0 Å². The summed E-state index contributed by atoms with van der Waals surface area (Å²) in [6, 6.07) is 10.7. The maximum atomic E-state index is 3.63. The lowest BCUT2D eigenvalue weighted by atomic mass is 10.2. The predicted octanol–water partition coefficient (Wildman–Crippen LogP) is 2.94. The van der Waals surface area contributed by atoms with Gasteiger partial charge in [0, 0.05) is 6.04 Å². The van der Waals surface area contributed by atoms with Crippen LogP contribution in [0.1, 0.15) is 19.4 Å². The van der Waals surface area contributed by atoms with E-state index < -0.39 is 0 Å². The van der Waals surface area contributed by atoms with Crippen molar-refractivity contribution in [3.63, 3.8) is 0 Å². The molecule has 0 bridgehead atoms. The van der Waals surface area contributed by atoms with Gasteiger partial charge in [-0.15, -0.1) is 0 Å². The van der Waals surface area contributed by atoms with Crippen LogP contribution in [0.3, 0.4) is 0 Å². The summed E-state index contributed by atoms with van der Waals surface area (Å²) in [5, 5.41) is 3.03. The van der Waals surface area contributed by atoms with E-state index in [0.717, 1.165) is 0 Å². The zero-order valence-corrected chi connectivity index (χ0v) is 8.75. The molecule has 0 aliphatic carbocycles. The van der Waals surface area contributed by atoms with Gasteiger partial charge in [-0.1, -0.05) is 56.8 Å². The summed E-state index contributed by atoms with van der Waals surface area (Å²) in [5.41, 5.74) is 1.17. The lowest BCUT2D eigenvalue weighted by molar-refractivity contribution is 0.668. The molecule has 0 unspecified atom stereocenters. The highest BCUT2D eigenvalue weighted by Crippen LogP contribution is 1.97. The van der Waals surface area contributed by atoms with Gasteiger partial charge < -0.3 is 5.32 Å². The molecule has 0 radical (unpaired) electrons. The summed E-state index contributed by atoms with van der Waals surface area (Å²) < 4.78 is 0. The van der Waals surface area contributed by atoms with Gasteiger partial charge in [-0.05, 0) is 12.6 Å². The Labute approximate surface area is 81.5 Å². The molecule has 0 saturated heterocycles. The smallest absolute Gasteiger partial charge is 0.000733 e. The van der Waals surface area contributed by atoms with Crippen LogP contribution >= 0.6 is 0 Å². The Bertz CT molecular complexity index is 214. The average molecular weight is 177 g/mol. The molecule has 1 aromatic rings. The maximum Gasteiger partial charge on any atom is 0.000733 e. The summed E-state index contributed by atoms with van der Waals surface area (Å²) in [6.45, 7) is 7.85. The van der Waals surface area contributed by atoms with Crippen LogP contribution in [-0.2, 0) is 0 Å². The van der Waals surface area contributed by atoms with Crippen LogP contribution < -0.4 is 5.32 Å². The SMILES string of the molecule is C=Cc1ccccc1.CNC(C)C. The summed E-state index contributed by atoms with van der Waals surface area (Å²) in [5.74, 6) is 0. The van der Waals surface area contributed by atoms with Crippen LogP contribution in [0.2, 0.25) is 0 Å². The Morgan fingerprint density at radius 1 is 1.23 bits per heavy atom. The van der Waals surface area contributed by atoms with Gasteiger partial charge in [-0.3, -0.25) is 0 Å². The van der Waals surface area contributed by atoms with Crippen molar-refractivity contribution in [1.82, 2.24) is 5.32 Å². The number of rotatable bonds is 2. The van der Waals surface area contributed by atoms with E-state index in [9.17, 15) is 0 Å². The molecule has 0 fully saturated rings. The van der Waals surface area contributed by atoms with Crippen molar-refractivity contribution in [2.45, 2.75) is 19.9 Å². The van der Waals surface area contributed by atoms with E-state index in [2.05, 4.69) is 25.7 Å². The fraction of sp³-hybridized carbons (Fsp3) is 0.333. The lowest BCUT2D eigenvalue weighted by Gasteiger charge is -1.95. The van der Waals surface area contributed by atoms with Gasteiger partial charge in [0.1, 0.15) is 0 Å². The highest BCUT2D eigenvalue weighted by Gasteiger charge is 1.77. The molecule has 0 saturated carbocycles. The molecule has 0 aromatic heterocycles. The normalized spacial score (nSPS) is 8.92. The first kappa shape index (κ1) is 11.9. The number of benzene rings is 1. The molecule has 0 aliphatic heterocycles. The van der Waals surface area contributed by atoms with Crippen molar-refractivity contribution >= 4 is 6.08 Å². The predicted molar refractivity (Wildman–Crippen MR) is 60.7 cm³/mol. The van der Waals surface area contributed by atoms with Crippen LogP contribution in [0.4, 0.5) is 0 Å². The van der Waals surface area contributed by atoms with E-state index in [-0.39, 0.29) is 0 Å². The van der Waals surface area contributed by atoms with Gasteiger partial charge in [-0.25, -0.2) is 0 Å². The largest absolute Gasteiger partial charge is 0.318 e. The van der Waals surface area contributed by atoms with Crippen molar-refractivity contribution < 1.29 is 0 Å². The van der Waals surface area contributed by atoms with Gasteiger partial charge in [0.15, 0.2) is 0 Å². The van der Waals surface area contributed by atoms with Crippen molar-refractivity contribution in [2.24, 2.45) is 0 Å². The van der Waals surface area contributed by atoms with Crippen LogP contribution in [0.5, 0.6) is 0 Å². The molecule has 1 aromatic carbocycles. The van der Waals surface area contributed by atoms with Crippen LogP contribution in [0.25, 0.3) is 6.08 Å². The molecule has 72 valence electrons. The molecule has 0 atom stereocenters. The fourth-order valence-corrected chi connectivity index (χ4v) is 0.589. The topological polar surface area (TPSA) is 12.0 Å². The van der Waals surface area contributed by atoms with Crippen molar-refractivity contribution in [3.8, 4) is 0 Å². The first-order valence-electron chi connectivity index (χ1n) is 4.55. The summed E-state index contributed by atoms with van der Waals surface area (Å²) in [6.07, 6.45) is 1.83. The van der Waals surface area contributed by atoms with E-state index in [1.165, 1.54) is 5.56 Å². The van der Waals surface area contributed by atoms with Crippen LogP contribution in [0.15, 0.2) is 36.9 Å².